The van der Waals surface area contributed by atoms with Crippen LogP contribution in [0.3, 0.4) is 0 Å². The van der Waals surface area contributed by atoms with E-state index in [1.165, 1.54) is 42.4 Å². The molecule has 0 radical (unpaired) electrons. The molecule has 37 heavy (non-hydrogen) atoms. The molecule has 0 spiro atoms. The lowest BCUT2D eigenvalue weighted by Crippen LogP contribution is -2.43. The van der Waals surface area contributed by atoms with Gasteiger partial charge in [0.25, 0.3) is 0 Å². The van der Waals surface area contributed by atoms with Gasteiger partial charge in [0.05, 0.1) is 7.11 Å². The Kier molecular flexibility index (Phi) is 7.58. The highest BCUT2D eigenvalue weighted by Gasteiger charge is 2.54. The van der Waals surface area contributed by atoms with E-state index in [4.69, 9.17) is 9.47 Å². The summed E-state index contributed by atoms with van der Waals surface area (Å²) >= 11 is 0. The first-order chi connectivity index (χ1) is 17.9. The molecule has 0 aliphatic heterocycles. The van der Waals surface area contributed by atoms with E-state index >= 15 is 0 Å². The number of rotatable bonds is 8. The van der Waals surface area contributed by atoms with E-state index in [0.29, 0.717) is 24.2 Å². The van der Waals surface area contributed by atoms with Gasteiger partial charge in [0, 0.05) is 6.54 Å². The van der Waals surface area contributed by atoms with E-state index in [1.807, 2.05) is 12.1 Å². The number of fused-ring (bicyclic) bond motifs is 5. The molecule has 2 aromatic rings. The molecule has 4 heteroatoms. The zero-order chi connectivity index (χ0) is 26.2. The highest BCUT2D eigenvalue weighted by atomic mass is 16.5. The van der Waals surface area contributed by atoms with Crippen LogP contribution in [-0.2, 0) is 13.0 Å². The van der Waals surface area contributed by atoms with Crippen LogP contribution in [0.5, 0.6) is 17.2 Å². The van der Waals surface area contributed by atoms with Gasteiger partial charge in [0.15, 0.2) is 11.5 Å². The van der Waals surface area contributed by atoms with Crippen molar-refractivity contribution in [1.82, 2.24) is 4.90 Å². The smallest absolute Gasteiger partial charge is 0.161 e. The number of phenolic OH excluding ortho intramolecular Hbond substituents is 1. The first kappa shape index (κ1) is 26.2. The fraction of sp³-hybridized carbons (Fsp3) is 0.576. The maximum Gasteiger partial charge on any atom is 0.161 e. The molecule has 2 fully saturated rings. The first-order valence-corrected chi connectivity index (χ1v) is 14.4. The second-order valence-corrected chi connectivity index (χ2v) is 11.8. The van der Waals surface area contributed by atoms with Crippen LogP contribution < -0.4 is 9.47 Å². The summed E-state index contributed by atoms with van der Waals surface area (Å²) in [5.74, 6) is 4.79. The predicted octanol–water partition coefficient (Wildman–Crippen LogP) is 7.35. The average Bonchev–Trinajstić information content (AvgIpc) is 3.23. The van der Waals surface area contributed by atoms with Crippen LogP contribution >= 0.6 is 0 Å². The molecular weight excluding hydrogens is 458 g/mol. The molecule has 0 aromatic heterocycles. The number of aromatic hydroxyl groups is 1. The number of methoxy groups -OCH3 is 1. The number of nitrogens with zero attached hydrogens (tertiary/aromatic N) is 1. The van der Waals surface area contributed by atoms with Gasteiger partial charge in [0.1, 0.15) is 12.4 Å². The second-order valence-electron chi connectivity index (χ2n) is 11.8. The van der Waals surface area contributed by atoms with Crippen LogP contribution in [-0.4, -0.2) is 36.8 Å². The van der Waals surface area contributed by atoms with E-state index in [9.17, 15) is 5.11 Å². The standard InChI is InChI=1S/C33H45NO3/c1-6-34(7-2)21-23-8-13-30(31(19-23)36-5)37-17-15-25-9-12-29-32-22(3)18-24-20-26(35)10-11-27(24)28(32)14-16-33(25,29)4/h8,10-11,13,15,19-20,22,28-29,32,35H,6-7,9,12,14,16-18,21H2,1-5H3/b25-15+. The Balaban J connectivity index is 1.29. The summed E-state index contributed by atoms with van der Waals surface area (Å²) in [5.41, 5.74) is 5.99. The van der Waals surface area contributed by atoms with Crippen LogP contribution in [0.1, 0.15) is 76.0 Å². The number of hydrogen-bond acceptors (Lipinski definition) is 4. The molecule has 3 aliphatic rings. The number of benzene rings is 2. The monoisotopic (exact) mass is 503 g/mol. The van der Waals surface area contributed by atoms with E-state index in [1.54, 1.807) is 12.7 Å². The van der Waals surface area contributed by atoms with Gasteiger partial charge in [-0.2, -0.15) is 0 Å². The Morgan fingerprint density at radius 1 is 1.08 bits per heavy atom. The lowest BCUT2D eigenvalue weighted by molar-refractivity contribution is 0.0488. The van der Waals surface area contributed by atoms with Crippen molar-refractivity contribution in [3.63, 3.8) is 0 Å². The molecule has 5 unspecified atom stereocenters. The van der Waals surface area contributed by atoms with Crippen molar-refractivity contribution in [1.29, 1.82) is 0 Å². The Morgan fingerprint density at radius 3 is 2.65 bits per heavy atom. The largest absolute Gasteiger partial charge is 0.508 e. The van der Waals surface area contributed by atoms with Gasteiger partial charge < -0.3 is 14.6 Å². The molecule has 0 bridgehead atoms. The molecule has 2 saturated carbocycles. The van der Waals surface area contributed by atoms with Crippen molar-refractivity contribution in [2.24, 2.45) is 23.2 Å². The highest BCUT2D eigenvalue weighted by Crippen LogP contribution is 2.63. The van der Waals surface area contributed by atoms with E-state index in [2.05, 4.69) is 62.9 Å². The number of hydrogen-bond donors (Lipinski definition) is 1. The zero-order valence-corrected chi connectivity index (χ0v) is 23.4. The summed E-state index contributed by atoms with van der Waals surface area (Å²) in [4.78, 5) is 2.40. The number of allylic oxidation sites excluding steroid dienone is 1. The SMILES string of the molecule is CCN(CC)Cc1ccc(OC/C=C2\CCC3C4C(C)Cc5cc(O)ccc5C4CCC23C)c(OC)c1. The predicted molar refractivity (Wildman–Crippen MR) is 150 cm³/mol. The molecule has 4 nitrogen and oxygen atoms in total. The molecular formula is C33H45NO3. The van der Waals surface area contributed by atoms with Crippen molar-refractivity contribution < 1.29 is 14.6 Å². The van der Waals surface area contributed by atoms with E-state index in [0.717, 1.165) is 49.4 Å². The molecule has 0 heterocycles. The summed E-state index contributed by atoms with van der Waals surface area (Å²) in [6.45, 7) is 13.0. The van der Waals surface area contributed by atoms with Crippen molar-refractivity contribution >= 4 is 0 Å². The fourth-order valence-electron chi connectivity index (χ4n) is 8.02. The topological polar surface area (TPSA) is 41.9 Å². The van der Waals surface area contributed by atoms with Crippen molar-refractivity contribution in [2.45, 2.75) is 72.3 Å². The normalized spacial score (nSPS) is 29.6. The number of phenols is 1. The summed E-state index contributed by atoms with van der Waals surface area (Å²) in [6.07, 6.45) is 8.40. The maximum absolute atomic E-state index is 10.0. The molecule has 0 amide bonds. The van der Waals surface area contributed by atoms with Gasteiger partial charge in [-0.15, -0.1) is 0 Å². The summed E-state index contributed by atoms with van der Waals surface area (Å²) in [7, 11) is 1.73. The van der Waals surface area contributed by atoms with Crippen molar-refractivity contribution in [3.05, 3.63) is 64.7 Å². The van der Waals surface area contributed by atoms with E-state index in [-0.39, 0.29) is 5.41 Å². The van der Waals surface area contributed by atoms with Gasteiger partial charge in [-0.1, -0.05) is 45.4 Å². The minimum Gasteiger partial charge on any atom is -0.508 e. The molecule has 3 aliphatic carbocycles. The highest BCUT2D eigenvalue weighted by molar-refractivity contribution is 5.44. The van der Waals surface area contributed by atoms with Crippen LogP contribution in [0.15, 0.2) is 48.0 Å². The lowest BCUT2D eigenvalue weighted by Gasteiger charge is -2.52. The Morgan fingerprint density at radius 2 is 1.89 bits per heavy atom. The summed E-state index contributed by atoms with van der Waals surface area (Å²) in [6, 6.07) is 12.5. The quantitative estimate of drug-likeness (QED) is 0.382. The van der Waals surface area contributed by atoms with Crippen LogP contribution in [0.4, 0.5) is 0 Å². The fourth-order valence-corrected chi connectivity index (χ4v) is 8.02. The molecule has 200 valence electrons. The van der Waals surface area contributed by atoms with Gasteiger partial charge in [-0.25, -0.2) is 0 Å². The van der Waals surface area contributed by atoms with E-state index < -0.39 is 0 Å². The van der Waals surface area contributed by atoms with Crippen LogP contribution in [0.2, 0.25) is 0 Å². The van der Waals surface area contributed by atoms with Gasteiger partial charge in [0.2, 0.25) is 0 Å². The third-order valence-corrected chi connectivity index (χ3v) is 10.0. The van der Waals surface area contributed by atoms with Crippen molar-refractivity contribution in [3.8, 4) is 17.2 Å². The lowest BCUT2D eigenvalue weighted by atomic mass is 9.52. The third-order valence-electron chi connectivity index (χ3n) is 10.0. The Labute approximate surface area is 223 Å². The van der Waals surface area contributed by atoms with Gasteiger partial charge in [-0.05, 0) is 121 Å². The minimum absolute atomic E-state index is 0.269. The third kappa shape index (κ3) is 4.90. The first-order valence-electron chi connectivity index (χ1n) is 14.4. The van der Waals surface area contributed by atoms with Crippen LogP contribution in [0.25, 0.3) is 0 Å². The van der Waals surface area contributed by atoms with Crippen molar-refractivity contribution in [2.75, 3.05) is 26.8 Å². The molecule has 0 saturated heterocycles. The zero-order valence-electron chi connectivity index (χ0n) is 23.4. The maximum atomic E-state index is 10.0. The van der Waals surface area contributed by atoms with Gasteiger partial charge >= 0.3 is 0 Å². The molecule has 1 N–H and O–H groups in total. The minimum atomic E-state index is 0.269. The average molecular weight is 504 g/mol. The number of ether oxygens (including phenoxy) is 2. The molecule has 5 atom stereocenters. The van der Waals surface area contributed by atoms with Crippen LogP contribution in [0, 0.1) is 23.2 Å². The summed E-state index contributed by atoms with van der Waals surface area (Å²) in [5, 5.41) is 10.0. The van der Waals surface area contributed by atoms with Gasteiger partial charge in [-0.3, -0.25) is 4.90 Å². The summed E-state index contributed by atoms with van der Waals surface area (Å²) < 4.78 is 12.0. The molecule has 5 rings (SSSR count). The molecule has 2 aromatic carbocycles. The Bertz CT molecular complexity index is 1140. The second kappa shape index (κ2) is 10.7. The Hall–Kier alpha value is -2.46.